The van der Waals surface area contributed by atoms with Gasteiger partial charge in [-0.1, -0.05) is 13.8 Å². The van der Waals surface area contributed by atoms with E-state index in [1.165, 1.54) is 0 Å². The predicted octanol–water partition coefficient (Wildman–Crippen LogP) is 1.52. The minimum atomic E-state index is -0.199. The summed E-state index contributed by atoms with van der Waals surface area (Å²) in [6.45, 7) is 6.36. The molecule has 1 aromatic rings. The van der Waals surface area contributed by atoms with Gasteiger partial charge in [0.1, 0.15) is 6.04 Å². The molecule has 0 N–H and O–H groups in total. The fourth-order valence-electron chi connectivity index (χ4n) is 2.68. The van der Waals surface area contributed by atoms with Crippen molar-refractivity contribution in [2.75, 3.05) is 26.2 Å². The van der Waals surface area contributed by atoms with Gasteiger partial charge in [-0.05, 0) is 25.0 Å². The first-order chi connectivity index (χ1) is 9.67. The monoisotopic (exact) mass is 277 g/mol. The quantitative estimate of drug-likeness (QED) is 0.819. The van der Waals surface area contributed by atoms with Gasteiger partial charge in [-0.25, -0.2) is 0 Å². The Labute approximate surface area is 120 Å². The Bertz CT molecular complexity index is 456. The summed E-state index contributed by atoms with van der Waals surface area (Å²) in [5.41, 5.74) is 0. The minimum absolute atomic E-state index is 0.0493. The number of carbonyl (C=O) groups is 2. The lowest BCUT2D eigenvalue weighted by Crippen LogP contribution is -2.53. The molecule has 5 nitrogen and oxygen atoms in total. The van der Waals surface area contributed by atoms with Gasteiger partial charge >= 0.3 is 0 Å². The Morgan fingerprint density at radius 3 is 2.50 bits per heavy atom. The fraction of sp³-hybridized carbons (Fsp3) is 0.600. The molecule has 2 heterocycles. The van der Waals surface area contributed by atoms with Gasteiger partial charge in [-0.15, -0.1) is 0 Å². The lowest BCUT2D eigenvalue weighted by Gasteiger charge is -2.36. The zero-order valence-corrected chi connectivity index (χ0v) is 12.3. The van der Waals surface area contributed by atoms with Crippen LogP contribution < -0.4 is 0 Å². The van der Waals surface area contributed by atoms with Crippen molar-refractivity contribution >= 4 is 11.8 Å². The molecule has 0 saturated carbocycles. The van der Waals surface area contributed by atoms with Crippen molar-refractivity contribution in [2.24, 2.45) is 0 Å². The van der Waals surface area contributed by atoms with Crippen LogP contribution in [-0.2, 0) is 9.59 Å². The van der Waals surface area contributed by atoms with Crippen LogP contribution in [0.3, 0.4) is 0 Å². The summed E-state index contributed by atoms with van der Waals surface area (Å²) in [5.74, 6) is 0.113. The average molecular weight is 277 g/mol. The highest BCUT2D eigenvalue weighted by Gasteiger charge is 2.30. The van der Waals surface area contributed by atoms with Crippen LogP contribution in [0.25, 0.3) is 0 Å². The summed E-state index contributed by atoms with van der Waals surface area (Å²) in [4.78, 5) is 28.1. The van der Waals surface area contributed by atoms with E-state index in [1.807, 2.05) is 40.9 Å². The first-order valence-corrected chi connectivity index (χ1v) is 7.36. The lowest BCUT2D eigenvalue weighted by atomic mass is 10.1. The van der Waals surface area contributed by atoms with Crippen LogP contribution in [0.5, 0.6) is 0 Å². The standard InChI is InChI=1S/C15H23N3O2/c1-3-7-17-10-11-18(12-14(17)19)15(20)13(4-2)16-8-5-6-9-16/h5-6,8-9,13H,3-4,7,10-12H2,1-2H3/t13-/m1/s1. The van der Waals surface area contributed by atoms with Crippen LogP contribution >= 0.6 is 0 Å². The molecule has 1 aromatic heterocycles. The summed E-state index contributed by atoms with van der Waals surface area (Å²) in [7, 11) is 0. The Hall–Kier alpha value is -1.78. The zero-order valence-electron chi connectivity index (χ0n) is 12.3. The number of amides is 2. The molecular weight excluding hydrogens is 254 g/mol. The highest BCUT2D eigenvalue weighted by atomic mass is 16.2. The Morgan fingerprint density at radius 1 is 1.25 bits per heavy atom. The van der Waals surface area contributed by atoms with Crippen LogP contribution in [0.2, 0.25) is 0 Å². The molecule has 5 heteroatoms. The third-order valence-electron chi connectivity index (χ3n) is 3.78. The topological polar surface area (TPSA) is 45.5 Å². The van der Waals surface area contributed by atoms with Gasteiger partial charge in [0.05, 0.1) is 6.54 Å². The molecule has 1 aliphatic rings. The Morgan fingerprint density at radius 2 is 1.95 bits per heavy atom. The number of carbonyl (C=O) groups excluding carboxylic acids is 2. The summed E-state index contributed by atoms with van der Waals surface area (Å²) < 4.78 is 1.92. The molecule has 1 aliphatic heterocycles. The van der Waals surface area contributed by atoms with Crippen molar-refractivity contribution in [1.82, 2.24) is 14.4 Å². The van der Waals surface area contributed by atoms with Crippen molar-refractivity contribution in [3.8, 4) is 0 Å². The number of hydrogen-bond donors (Lipinski definition) is 0. The number of nitrogens with zero attached hydrogens (tertiary/aromatic N) is 3. The van der Waals surface area contributed by atoms with E-state index in [4.69, 9.17) is 0 Å². The van der Waals surface area contributed by atoms with Crippen LogP contribution in [0.4, 0.5) is 0 Å². The lowest BCUT2D eigenvalue weighted by molar-refractivity contribution is -0.147. The van der Waals surface area contributed by atoms with Crippen molar-refractivity contribution in [3.63, 3.8) is 0 Å². The third kappa shape index (κ3) is 3.03. The van der Waals surface area contributed by atoms with Crippen LogP contribution in [0, 0.1) is 0 Å². The second kappa shape index (κ2) is 6.59. The molecule has 0 aliphatic carbocycles. The number of hydrogen-bond acceptors (Lipinski definition) is 2. The largest absolute Gasteiger partial charge is 0.342 e. The van der Waals surface area contributed by atoms with E-state index < -0.39 is 0 Å². The highest BCUT2D eigenvalue weighted by molar-refractivity contribution is 5.87. The summed E-state index contributed by atoms with van der Waals surface area (Å²) in [5, 5.41) is 0. The van der Waals surface area contributed by atoms with E-state index in [0.717, 1.165) is 19.4 Å². The van der Waals surface area contributed by atoms with Crippen molar-refractivity contribution < 1.29 is 9.59 Å². The van der Waals surface area contributed by atoms with Crippen LogP contribution in [0.1, 0.15) is 32.7 Å². The SMILES string of the molecule is CCCN1CCN(C(=O)[C@@H](CC)n2cccc2)CC1=O. The number of rotatable bonds is 5. The van der Waals surface area contributed by atoms with E-state index in [0.29, 0.717) is 13.1 Å². The molecule has 0 unspecified atom stereocenters. The van der Waals surface area contributed by atoms with E-state index in [-0.39, 0.29) is 24.4 Å². The molecule has 1 fully saturated rings. The van der Waals surface area contributed by atoms with Gasteiger partial charge in [-0.3, -0.25) is 9.59 Å². The second-order valence-electron chi connectivity index (χ2n) is 5.19. The van der Waals surface area contributed by atoms with Crippen molar-refractivity contribution in [3.05, 3.63) is 24.5 Å². The molecule has 0 aromatic carbocycles. The Kier molecular flexibility index (Phi) is 4.82. The van der Waals surface area contributed by atoms with E-state index in [1.54, 1.807) is 4.90 Å². The van der Waals surface area contributed by atoms with Crippen molar-refractivity contribution in [2.45, 2.75) is 32.7 Å². The molecule has 1 atom stereocenters. The van der Waals surface area contributed by atoms with Gasteiger partial charge in [-0.2, -0.15) is 0 Å². The smallest absolute Gasteiger partial charge is 0.246 e. The van der Waals surface area contributed by atoms with E-state index >= 15 is 0 Å². The van der Waals surface area contributed by atoms with Gasteiger partial charge < -0.3 is 14.4 Å². The van der Waals surface area contributed by atoms with Crippen LogP contribution in [-0.4, -0.2) is 52.4 Å². The summed E-state index contributed by atoms with van der Waals surface area (Å²) >= 11 is 0. The van der Waals surface area contributed by atoms with E-state index in [9.17, 15) is 9.59 Å². The molecule has 1 saturated heterocycles. The maximum atomic E-state index is 12.6. The number of piperazine rings is 1. The molecular formula is C15H23N3O2. The highest BCUT2D eigenvalue weighted by Crippen LogP contribution is 2.17. The first kappa shape index (κ1) is 14.6. The maximum Gasteiger partial charge on any atom is 0.246 e. The van der Waals surface area contributed by atoms with Gasteiger partial charge in [0.15, 0.2) is 0 Å². The van der Waals surface area contributed by atoms with Gasteiger partial charge in [0.2, 0.25) is 11.8 Å². The van der Waals surface area contributed by atoms with Crippen molar-refractivity contribution in [1.29, 1.82) is 0 Å². The minimum Gasteiger partial charge on any atom is -0.342 e. The predicted molar refractivity (Wildman–Crippen MR) is 77.2 cm³/mol. The fourth-order valence-corrected chi connectivity index (χ4v) is 2.68. The maximum absolute atomic E-state index is 12.6. The number of aromatic nitrogens is 1. The van der Waals surface area contributed by atoms with Crippen LogP contribution in [0.15, 0.2) is 24.5 Å². The average Bonchev–Trinajstić information content (AvgIpc) is 2.96. The second-order valence-corrected chi connectivity index (χ2v) is 5.19. The van der Waals surface area contributed by atoms with E-state index in [2.05, 4.69) is 6.92 Å². The molecule has 2 amide bonds. The summed E-state index contributed by atoms with van der Waals surface area (Å²) in [6, 6.07) is 3.64. The molecule has 0 bridgehead atoms. The zero-order chi connectivity index (χ0) is 14.5. The molecule has 0 radical (unpaired) electrons. The molecule has 20 heavy (non-hydrogen) atoms. The van der Waals surface area contributed by atoms with Gasteiger partial charge in [0, 0.05) is 32.0 Å². The Balaban J connectivity index is 2.01. The normalized spacial score (nSPS) is 17.4. The summed E-state index contributed by atoms with van der Waals surface area (Å²) in [6.07, 6.45) is 5.50. The molecule has 2 rings (SSSR count). The molecule has 110 valence electrons. The van der Waals surface area contributed by atoms with Gasteiger partial charge in [0.25, 0.3) is 0 Å². The molecule has 0 spiro atoms. The third-order valence-corrected chi connectivity index (χ3v) is 3.78. The first-order valence-electron chi connectivity index (χ1n) is 7.36.